The lowest BCUT2D eigenvalue weighted by Gasteiger charge is -2.10. The van der Waals surface area contributed by atoms with Crippen LogP contribution in [0.5, 0.6) is 11.5 Å². The van der Waals surface area contributed by atoms with E-state index in [0.29, 0.717) is 37.9 Å². The normalized spacial score (nSPS) is 10.9. The molecule has 0 radical (unpaired) electrons. The Morgan fingerprint density at radius 3 is 1.25 bits per heavy atom. The summed E-state index contributed by atoms with van der Waals surface area (Å²) in [6.45, 7) is 9.81. The molecule has 2 rings (SSSR count). The molecule has 0 heterocycles. The van der Waals surface area contributed by atoms with Crippen LogP contribution in [-0.2, 0) is 9.59 Å². The summed E-state index contributed by atoms with van der Waals surface area (Å²) >= 11 is 0. The molecule has 2 N–H and O–H groups in total. The van der Waals surface area contributed by atoms with Crippen LogP contribution < -0.4 is 20.1 Å². The van der Waals surface area contributed by atoms with E-state index in [4.69, 9.17) is 9.47 Å². The predicted octanol–water partition coefficient (Wildman–Crippen LogP) is 7.45. The van der Waals surface area contributed by atoms with Gasteiger partial charge in [-0.15, -0.1) is 0 Å². The molecule has 0 atom stereocenters. The molecule has 0 bridgehead atoms. The number of rotatable bonds is 17. The highest BCUT2D eigenvalue weighted by Crippen LogP contribution is 2.18. The average Bonchev–Trinajstić information content (AvgIpc) is 2.84. The van der Waals surface area contributed by atoms with Gasteiger partial charge in [0, 0.05) is 24.2 Å². The highest BCUT2D eigenvalue weighted by atomic mass is 16.5. The average molecular weight is 497 g/mol. The van der Waals surface area contributed by atoms with Gasteiger partial charge in [0.1, 0.15) is 11.5 Å². The molecule has 2 aromatic carbocycles. The number of unbranched alkanes of at least 4 members (excludes halogenated alkanes) is 5. The molecular weight excluding hydrogens is 452 g/mol. The third-order valence-electron chi connectivity index (χ3n) is 5.50. The van der Waals surface area contributed by atoms with Gasteiger partial charge in [-0.2, -0.15) is 0 Å². The number of benzene rings is 2. The van der Waals surface area contributed by atoms with Crippen LogP contribution in [0, 0.1) is 11.8 Å². The summed E-state index contributed by atoms with van der Waals surface area (Å²) in [5.74, 6) is 2.69. The summed E-state index contributed by atoms with van der Waals surface area (Å²) in [6, 6.07) is 15.1. The van der Waals surface area contributed by atoms with Crippen molar-refractivity contribution in [3.63, 3.8) is 0 Å². The Kier molecular flexibility index (Phi) is 13.5. The first-order valence-electron chi connectivity index (χ1n) is 13.4. The first-order valence-corrected chi connectivity index (χ1v) is 13.4. The molecule has 0 fully saturated rings. The van der Waals surface area contributed by atoms with Crippen molar-refractivity contribution >= 4 is 23.2 Å². The van der Waals surface area contributed by atoms with Crippen LogP contribution >= 0.6 is 0 Å². The minimum atomic E-state index is 0.0436. The Balaban J connectivity index is 1.48. The number of hydrogen-bond acceptors (Lipinski definition) is 4. The maximum atomic E-state index is 12.2. The van der Waals surface area contributed by atoms with Crippen molar-refractivity contribution in [2.45, 2.75) is 79.1 Å². The third-order valence-corrected chi connectivity index (χ3v) is 5.50. The van der Waals surface area contributed by atoms with Crippen LogP contribution in [0.3, 0.4) is 0 Å². The molecule has 0 saturated carbocycles. The van der Waals surface area contributed by atoms with Crippen LogP contribution in [0.15, 0.2) is 48.5 Å². The second kappa shape index (κ2) is 16.6. The van der Waals surface area contributed by atoms with Crippen molar-refractivity contribution in [2.75, 3.05) is 23.8 Å². The number of nitrogens with one attached hydrogen (secondary N) is 2. The molecular formula is C30H44N2O4. The first-order chi connectivity index (χ1) is 17.3. The van der Waals surface area contributed by atoms with Crippen LogP contribution in [0.2, 0.25) is 0 Å². The molecule has 6 heteroatoms. The van der Waals surface area contributed by atoms with Crippen molar-refractivity contribution in [1.82, 2.24) is 0 Å². The zero-order valence-electron chi connectivity index (χ0n) is 22.5. The van der Waals surface area contributed by atoms with E-state index in [-0.39, 0.29) is 11.8 Å². The first kappa shape index (κ1) is 29.2. The molecule has 6 nitrogen and oxygen atoms in total. The van der Waals surface area contributed by atoms with Gasteiger partial charge < -0.3 is 20.1 Å². The van der Waals surface area contributed by atoms with Gasteiger partial charge in [-0.05, 0) is 73.2 Å². The van der Waals surface area contributed by atoms with Gasteiger partial charge in [-0.1, -0.05) is 53.4 Å². The lowest BCUT2D eigenvalue weighted by Crippen LogP contribution is -2.11. The lowest BCUT2D eigenvalue weighted by molar-refractivity contribution is -0.117. The fraction of sp³-hybridized carbons (Fsp3) is 0.533. The van der Waals surface area contributed by atoms with Crippen molar-refractivity contribution in [2.24, 2.45) is 11.8 Å². The second-order valence-corrected chi connectivity index (χ2v) is 10.2. The standard InChI is InChI=1S/C30H44N2O4/c1-23(2)21-35-27-17-13-25(14-18-27)31-29(33)11-9-7-5-6-8-10-12-30(34)32-26-15-19-28(20-16-26)36-22-24(3)4/h13-20,23-24H,5-12,21-22H2,1-4H3,(H,31,33)(H,32,34). The van der Waals surface area contributed by atoms with E-state index in [1.54, 1.807) is 0 Å². The highest BCUT2D eigenvalue weighted by molar-refractivity contribution is 5.91. The summed E-state index contributed by atoms with van der Waals surface area (Å²) in [4.78, 5) is 24.3. The summed E-state index contributed by atoms with van der Waals surface area (Å²) < 4.78 is 11.3. The maximum Gasteiger partial charge on any atom is 0.224 e. The van der Waals surface area contributed by atoms with Gasteiger partial charge >= 0.3 is 0 Å². The quantitative estimate of drug-likeness (QED) is 0.223. The molecule has 0 unspecified atom stereocenters. The van der Waals surface area contributed by atoms with E-state index in [1.807, 2.05) is 48.5 Å². The topological polar surface area (TPSA) is 76.7 Å². The smallest absolute Gasteiger partial charge is 0.224 e. The zero-order valence-corrected chi connectivity index (χ0v) is 22.5. The highest BCUT2D eigenvalue weighted by Gasteiger charge is 2.05. The number of carbonyl (C=O) groups excluding carboxylic acids is 2. The van der Waals surface area contributed by atoms with Gasteiger partial charge in [-0.3, -0.25) is 9.59 Å². The zero-order chi connectivity index (χ0) is 26.2. The molecule has 0 aliphatic heterocycles. The predicted molar refractivity (Wildman–Crippen MR) is 148 cm³/mol. The summed E-state index contributed by atoms with van der Waals surface area (Å²) in [5.41, 5.74) is 1.59. The molecule has 0 aliphatic rings. The number of carbonyl (C=O) groups is 2. The van der Waals surface area contributed by atoms with Crippen molar-refractivity contribution in [1.29, 1.82) is 0 Å². The van der Waals surface area contributed by atoms with E-state index in [9.17, 15) is 9.59 Å². The minimum absolute atomic E-state index is 0.0436. The number of ether oxygens (including phenoxy) is 2. The number of amides is 2. The lowest BCUT2D eigenvalue weighted by atomic mass is 10.1. The summed E-state index contributed by atoms with van der Waals surface area (Å²) in [6.07, 6.45) is 6.99. The Labute approximate surface area is 217 Å². The number of anilines is 2. The monoisotopic (exact) mass is 496 g/mol. The summed E-state index contributed by atoms with van der Waals surface area (Å²) in [5, 5.41) is 5.89. The Morgan fingerprint density at radius 1 is 0.583 bits per heavy atom. The van der Waals surface area contributed by atoms with Crippen molar-refractivity contribution in [3.8, 4) is 11.5 Å². The fourth-order valence-electron chi connectivity index (χ4n) is 3.52. The van der Waals surface area contributed by atoms with E-state index in [0.717, 1.165) is 61.4 Å². The van der Waals surface area contributed by atoms with Crippen molar-refractivity contribution in [3.05, 3.63) is 48.5 Å². The molecule has 198 valence electrons. The van der Waals surface area contributed by atoms with Gasteiger partial charge in [0.2, 0.25) is 11.8 Å². The fourth-order valence-corrected chi connectivity index (χ4v) is 3.52. The Morgan fingerprint density at radius 2 is 0.917 bits per heavy atom. The minimum Gasteiger partial charge on any atom is -0.493 e. The SMILES string of the molecule is CC(C)COc1ccc(NC(=O)CCCCCCCCC(=O)Nc2ccc(OCC(C)C)cc2)cc1. The third kappa shape index (κ3) is 13.2. The maximum absolute atomic E-state index is 12.2. The molecule has 0 aromatic heterocycles. The molecule has 2 aromatic rings. The van der Waals surface area contributed by atoms with Crippen LogP contribution in [-0.4, -0.2) is 25.0 Å². The van der Waals surface area contributed by atoms with E-state index in [1.165, 1.54) is 0 Å². The van der Waals surface area contributed by atoms with Crippen molar-refractivity contribution < 1.29 is 19.1 Å². The van der Waals surface area contributed by atoms with Crippen LogP contribution in [0.1, 0.15) is 79.1 Å². The van der Waals surface area contributed by atoms with E-state index < -0.39 is 0 Å². The molecule has 0 spiro atoms. The Bertz CT molecular complexity index is 817. The molecule has 0 saturated heterocycles. The van der Waals surface area contributed by atoms with Gasteiger partial charge in [0.05, 0.1) is 13.2 Å². The van der Waals surface area contributed by atoms with Crippen LogP contribution in [0.25, 0.3) is 0 Å². The second-order valence-electron chi connectivity index (χ2n) is 10.2. The number of hydrogen-bond donors (Lipinski definition) is 2. The van der Waals surface area contributed by atoms with Gasteiger partial charge in [-0.25, -0.2) is 0 Å². The molecule has 0 aliphatic carbocycles. The largest absolute Gasteiger partial charge is 0.493 e. The van der Waals surface area contributed by atoms with Crippen LogP contribution in [0.4, 0.5) is 11.4 Å². The molecule has 2 amide bonds. The van der Waals surface area contributed by atoms with Gasteiger partial charge in [0.25, 0.3) is 0 Å². The van der Waals surface area contributed by atoms with Gasteiger partial charge in [0.15, 0.2) is 0 Å². The Hall–Kier alpha value is -3.02. The van der Waals surface area contributed by atoms with E-state index >= 15 is 0 Å². The summed E-state index contributed by atoms with van der Waals surface area (Å²) in [7, 11) is 0. The van der Waals surface area contributed by atoms with E-state index in [2.05, 4.69) is 38.3 Å². The molecule has 36 heavy (non-hydrogen) atoms.